The molecule has 0 aromatic heterocycles. The lowest BCUT2D eigenvalue weighted by Gasteiger charge is -2.38. The molecule has 6 nitrogen and oxygen atoms in total. The average molecular weight is 493 g/mol. The van der Waals surface area contributed by atoms with Crippen molar-refractivity contribution in [3.05, 3.63) is 69.6 Å². The highest BCUT2D eigenvalue weighted by molar-refractivity contribution is 6.20. The molecular weight excluding hydrogens is 462 g/mol. The lowest BCUT2D eigenvalue weighted by atomic mass is 9.74. The lowest BCUT2D eigenvalue weighted by Crippen LogP contribution is -2.42. The SMILES string of the molecule is CN1C=C2C(=C(C3=CCNC([C@H]4CC[C@H](CC(=O)O)CC4)C3)C1)NN=C1C=Cc3cc(F)c(F)c2c31. The molecule has 2 aliphatic carbocycles. The number of nitrogens with one attached hydrogen (secondary N) is 2. The van der Waals surface area contributed by atoms with E-state index in [0.29, 0.717) is 40.9 Å². The van der Waals surface area contributed by atoms with Gasteiger partial charge in [0, 0.05) is 61.1 Å². The Labute approximate surface area is 209 Å². The van der Waals surface area contributed by atoms with Crippen LogP contribution in [0.4, 0.5) is 8.78 Å². The van der Waals surface area contributed by atoms with Gasteiger partial charge in [-0.05, 0) is 67.2 Å². The van der Waals surface area contributed by atoms with Gasteiger partial charge in [-0.2, -0.15) is 5.10 Å². The van der Waals surface area contributed by atoms with E-state index in [2.05, 4.69) is 21.9 Å². The first-order valence-corrected chi connectivity index (χ1v) is 12.7. The minimum atomic E-state index is -0.855. The topological polar surface area (TPSA) is 77.0 Å². The summed E-state index contributed by atoms with van der Waals surface area (Å²) < 4.78 is 29.9. The Balaban J connectivity index is 1.31. The number of benzene rings is 1. The molecule has 0 bridgehead atoms. The maximum Gasteiger partial charge on any atom is 0.303 e. The summed E-state index contributed by atoms with van der Waals surface area (Å²) in [5.41, 5.74) is 8.99. The van der Waals surface area contributed by atoms with Crippen LogP contribution in [0.25, 0.3) is 11.6 Å². The van der Waals surface area contributed by atoms with Gasteiger partial charge in [0.2, 0.25) is 0 Å². The van der Waals surface area contributed by atoms with E-state index in [-0.39, 0.29) is 17.9 Å². The Kier molecular flexibility index (Phi) is 5.79. The monoisotopic (exact) mass is 492 g/mol. The van der Waals surface area contributed by atoms with Crippen molar-refractivity contribution in [3.63, 3.8) is 0 Å². The summed E-state index contributed by atoms with van der Waals surface area (Å²) in [6.45, 7) is 1.39. The quantitative estimate of drug-likeness (QED) is 0.581. The number of rotatable bonds is 4. The van der Waals surface area contributed by atoms with Crippen LogP contribution >= 0.6 is 0 Å². The van der Waals surface area contributed by atoms with Gasteiger partial charge in [0.25, 0.3) is 0 Å². The molecule has 0 spiro atoms. The number of carbonyl (C=O) groups is 1. The fraction of sp³-hybridized carbons (Fsp3) is 0.429. The number of halogens is 2. The molecule has 0 amide bonds. The summed E-state index contributed by atoms with van der Waals surface area (Å²) in [5.74, 6) is -1.64. The van der Waals surface area contributed by atoms with E-state index >= 15 is 4.39 Å². The third-order valence-corrected chi connectivity index (χ3v) is 8.29. The number of fused-ring (bicyclic) bond motifs is 2. The van der Waals surface area contributed by atoms with Gasteiger partial charge >= 0.3 is 5.97 Å². The predicted octanol–water partition coefficient (Wildman–Crippen LogP) is 4.41. The van der Waals surface area contributed by atoms with Crippen LogP contribution in [-0.2, 0) is 4.79 Å². The molecule has 6 rings (SSSR count). The van der Waals surface area contributed by atoms with Crippen LogP contribution < -0.4 is 10.7 Å². The van der Waals surface area contributed by atoms with Crippen LogP contribution in [0.5, 0.6) is 0 Å². The van der Waals surface area contributed by atoms with E-state index in [0.717, 1.165) is 49.9 Å². The number of likely N-dealkylation sites (N-methyl/N-ethyl adjacent to an activating group) is 1. The van der Waals surface area contributed by atoms with Gasteiger partial charge < -0.3 is 15.3 Å². The van der Waals surface area contributed by atoms with Crippen molar-refractivity contribution >= 4 is 23.3 Å². The summed E-state index contributed by atoms with van der Waals surface area (Å²) in [6.07, 6.45) is 12.7. The van der Waals surface area contributed by atoms with Gasteiger partial charge in [-0.25, -0.2) is 8.78 Å². The Bertz CT molecular complexity index is 1280. The second-order valence-corrected chi connectivity index (χ2v) is 10.6. The second-order valence-electron chi connectivity index (χ2n) is 10.6. The van der Waals surface area contributed by atoms with E-state index in [1.807, 2.05) is 18.1 Å². The van der Waals surface area contributed by atoms with E-state index in [4.69, 9.17) is 5.11 Å². The molecule has 3 N–H and O–H groups in total. The normalized spacial score (nSPS) is 26.9. The maximum atomic E-state index is 15.3. The molecule has 1 aromatic carbocycles. The molecule has 3 heterocycles. The molecule has 1 fully saturated rings. The van der Waals surface area contributed by atoms with Crippen LogP contribution in [-0.4, -0.2) is 47.9 Å². The average Bonchev–Trinajstić information content (AvgIpc) is 3.17. The van der Waals surface area contributed by atoms with Crippen LogP contribution in [0.15, 0.2) is 46.4 Å². The molecule has 1 unspecified atom stereocenters. The molecule has 1 atom stereocenters. The second kappa shape index (κ2) is 9.00. The van der Waals surface area contributed by atoms with Crippen molar-refractivity contribution in [1.29, 1.82) is 0 Å². The van der Waals surface area contributed by atoms with E-state index in [1.165, 1.54) is 11.6 Å². The van der Waals surface area contributed by atoms with Crippen LogP contribution in [0, 0.1) is 23.5 Å². The van der Waals surface area contributed by atoms with Crippen molar-refractivity contribution < 1.29 is 18.7 Å². The minimum absolute atomic E-state index is 0.261. The predicted molar refractivity (Wildman–Crippen MR) is 135 cm³/mol. The number of nitrogens with zero attached hydrogens (tertiary/aromatic N) is 2. The van der Waals surface area contributed by atoms with Crippen molar-refractivity contribution in [2.75, 3.05) is 20.1 Å². The number of hydrogen-bond donors (Lipinski definition) is 3. The Morgan fingerprint density at radius 2 is 2.00 bits per heavy atom. The molecule has 1 saturated carbocycles. The fourth-order valence-corrected chi connectivity index (χ4v) is 6.52. The highest BCUT2D eigenvalue weighted by atomic mass is 19.2. The molecule has 8 heteroatoms. The van der Waals surface area contributed by atoms with Gasteiger partial charge in [-0.15, -0.1) is 0 Å². The third-order valence-electron chi connectivity index (χ3n) is 8.29. The summed E-state index contributed by atoms with van der Waals surface area (Å²) in [7, 11) is 1.95. The van der Waals surface area contributed by atoms with E-state index in [1.54, 1.807) is 12.2 Å². The smallest absolute Gasteiger partial charge is 0.303 e. The lowest BCUT2D eigenvalue weighted by molar-refractivity contribution is -0.138. The molecule has 0 saturated heterocycles. The molecule has 0 radical (unpaired) electrons. The first-order chi connectivity index (χ1) is 17.4. The fourth-order valence-electron chi connectivity index (χ4n) is 6.52. The first kappa shape index (κ1) is 23.2. The largest absolute Gasteiger partial charge is 0.481 e. The number of hydrogen-bond acceptors (Lipinski definition) is 5. The van der Waals surface area contributed by atoms with Gasteiger partial charge in [0.15, 0.2) is 11.6 Å². The summed E-state index contributed by atoms with van der Waals surface area (Å²) in [5, 5.41) is 17.4. The van der Waals surface area contributed by atoms with Crippen LogP contribution in [0.2, 0.25) is 0 Å². The minimum Gasteiger partial charge on any atom is -0.481 e. The van der Waals surface area contributed by atoms with Crippen LogP contribution in [0.3, 0.4) is 0 Å². The maximum absolute atomic E-state index is 15.3. The zero-order valence-electron chi connectivity index (χ0n) is 20.3. The highest BCUT2D eigenvalue weighted by Gasteiger charge is 2.35. The van der Waals surface area contributed by atoms with Crippen LogP contribution in [0.1, 0.15) is 55.2 Å². The third kappa shape index (κ3) is 3.97. The van der Waals surface area contributed by atoms with Crippen molar-refractivity contribution in [3.8, 4) is 0 Å². The number of carboxylic acid groups (broad SMARTS) is 1. The number of aliphatic carboxylic acids is 1. The van der Waals surface area contributed by atoms with Gasteiger partial charge in [-0.1, -0.05) is 12.2 Å². The zero-order valence-corrected chi connectivity index (χ0v) is 20.3. The highest BCUT2D eigenvalue weighted by Crippen LogP contribution is 2.42. The number of allylic oxidation sites excluding steroid dienone is 2. The standard InChI is InChI=1S/C28H30F2N4O2/c1-34-13-19(17-8-9-31-23(12-17)16-4-2-15(3-5-16)10-24(35)36)28-20(14-34)26-25-18(11-21(29)27(26)30)6-7-22(25)32-33-28/h6-8,11,14-16,23,31,33H,2-5,9-10,12-13H2,1H3,(H,35,36)/t15-,16-,23?. The molecule has 3 aliphatic heterocycles. The number of hydrazone groups is 1. The summed E-state index contributed by atoms with van der Waals surface area (Å²) >= 11 is 0. The number of carboxylic acids is 1. The Morgan fingerprint density at radius 1 is 1.19 bits per heavy atom. The van der Waals surface area contributed by atoms with Crippen molar-refractivity contribution in [2.45, 2.75) is 44.6 Å². The summed E-state index contributed by atoms with van der Waals surface area (Å²) in [4.78, 5) is 13.1. The zero-order chi connectivity index (χ0) is 25.0. The Hall–Kier alpha value is -3.26. The molecule has 5 aliphatic rings. The molecule has 36 heavy (non-hydrogen) atoms. The summed E-state index contributed by atoms with van der Waals surface area (Å²) in [6, 6.07) is 1.55. The molecular formula is C28H30F2N4O2. The van der Waals surface area contributed by atoms with Gasteiger partial charge in [0.05, 0.1) is 11.4 Å². The molecule has 1 aromatic rings. The van der Waals surface area contributed by atoms with Gasteiger partial charge in [0.1, 0.15) is 0 Å². The van der Waals surface area contributed by atoms with Crippen molar-refractivity contribution in [2.24, 2.45) is 16.9 Å². The van der Waals surface area contributed by atoms with E-state index < -0.39 is 17.6 Å². The molecule has 188 valence electrons. The first-order valence-electron chi connectivity index (χ1n) is 12.7. The Morgan fingerprint density at radius 3 is 2.78 bits per heavy atom. The van der Waals surface area contributed by atoms with Crippen molar-refractivity contribution in [1.82, 2.24) is 15.6 Å². The van der Waals surface area contributed by atoms with E-state index in [9.17, 15) is 9.18 Å². The van der Waals surface area contributed by atoms with Gasteiger partial charge in [-0.3, -0.25) is 10.2 Å².